The van der Waals surface area contributed by atoms with E-state index in [2.05, 4.69) is 39.9 Å². The van der Waals surface area contributed by atoms with Gasteiger partial charge in [0.2, 0.25) is 0 Å². The highest BCUT2D eigenvalue weighted by atomic mass is 32.2. The highest BCUT2D eigenvalue weighted by molar-refractivity contribution is 8.00. The van der Waals surface area contributed by atoms with E-state index < -0.39 is 0 Å². The predicted octanol–water partition coefficient (Wildman–Crippen LogP) is 1.58. The van der Waals surface area contributed by atoms with Gasteiger partial charge in [-0.3, -0.25) is 4.68 Å². The fourth-order valence-electron chi connectivity index (χ4n) is 2.18. The second-order valence-corrected chi connectivity index (χ2v) is 5.76. The van der Waals surface area contributed by atoms with Gasteiger partial charge in [0.05, 0.1) is 12.7 Å². The van der Waals surface area contributed by atoms with Gasteiger partial charge in [-0.05, 0) is 18.1 Å². The molecule has 1 aliphatic rings. The van der Waals surface area contributed by atoms with Gasteiger partial charge >= 0.3 is 0 Å². The molecular weight excluding hydrogens is 244 g/mol. The Bertz CT molecular complexity index is 472. The molecule has 1 atom stereocenters. The molecular formula is C13H16N4S. The van der Waals surface area contributed by atoms with Crippen molar-refractivity contribution >= 4 is 11.8 Å². The molecule has 1 aromatic carbocycles. The van der Waals surface area contributed by atoms with E-state index in [1.807, 2.05) is 22.6 Å². The van der Waals surface area contributed by atoms with Crippen molar-refractivity contribution in [2.45, 2.75) is 23.1 Å². The lowest BCUT2D eigenvalue weighted by Crippen LogP contribution is -2.27. The second kappa shape index (κ2) is 5.54. The van der Waals surface area contributed by atoms with Gasteiger partial charge in [0.15, 0.2) is 0 Å². The molecule has 1 unspecified atom stereocenters. The molecule has 0 saturated heterocycles. The van der Waals surface area contributed by atoms with Crippen molar-refractivity contribution < 1.29 is 0 Å². The van der Waals surface area contributed by atoms with Crippen molar-refractivity contribution in [2.24, 2.45) is 0 Å². The number of hydrogen-bond acceptors (Lipinski definition) is 4. The van der Waals surface area contributed by atoms with Gasteiger partial charge in [-0.25, -0.2) is 0 Å². The van der Waals surface area contributed by atoms with Gasteiger partial charge in [0, 0.05) is 29.4 Å². The first-order chi connectivity index (χ1) is 8.92. The number of benzene rings is 1. The topological polar surface area (TPSA) is 42.7 Å². The third-order valence-corrected chi connectivity index (χ3v) is 4.39. The number of nitrogens with one attached hydrogen (secondary N) is 1. The predicted molar refractivity (Wildman–Crippen MR) is 72.7 cm³/mol. The summed E-state index contributed by atoms with van der Waals surface area (Å²) in [6.45, 7) is 2.87. The van der Waals surface area contributed by atoms with Crippen LogP contribution in [0.1, 0.15) is 5.56 Å². The van der Waals surface area contributed by atoms with E-state index in [4.69, 9.17) is 0 Å². The molecule has 1 aromatic heterocycles. The molecule has 18 heavy (non-hydrogen) atoms. The zero-order valence-electron chi connectivity index (χ0n) is 10.1. The monoisotopic (exact) mass is 260 g/mol. The third-order valence-electron chi connectivity index (χ3n) is 3.08. The van der Waals surface area contributed by atoms with Crippen molar-refractivity contribution in [1.82, 2.24) is 20.3 Å². The van der Waals surface area contributed by atoms with Crippen LogP contribution in [0.5, 0.6) is 0 Å². The summed E-state index contributed by atoms with van der Waals surface area (Å²) in [5.74, 6) is 0. The lowest BCUT2D eigenvalue weighted by molar-refractivity contribution is 0.538. The minimum Gasteiger partial charge on any atom is -0.314 e. The zero-order valence-corrected chi connectivity index (χ0v) is 10.9. The van der Waals surface area contributed by atoms with Gasteiger partial charge in [-0.1, -0.05) is 23.4 Å². The number of hydrogen-bond donors (Lipinski definition) is 1. The number of fused-ring (bicyclic) bond motifs is 1. The van der Waals surface area contributed by atoms with E-state index >= 15 is 0 Å². The van der Waals surface area contributed by atoms with Crippen LogP contribution < -0.4 is 5.32 Å². The molecule has 0 fully saturated rings. The van der Waals surface area contributed by atoms with Crippen LogP contribution in [0.2, 0.25) is 0 Å². The minimum atomic E-state index is 0.665. The third kappa shape index (κ3) is 2.73. The smallest absolute Gasteiger partial charge is 0.0692 e. The molecule has 2 aromatic rings. The molecule has 0 radical (unpaired) electrons. The number of nitrogens with zero attached hydrogens (tertiary/aromatic N) is 3. The minimum absolute atomic E-state index is 0.665. The van der Waals surface area contributed by atoms with E-state index in [1.54, 1.807) is 6.20 Å². The summed E-state index contributed by atoms with van der Waals surface area (Å²) in [6.07, 6.45) is 4.78. The van der Waals surface area contributed by atoms with Crippen LogP contribution in [0.25, 0.3) is 0 Å². The maximum Gasteiger partial charge on any atom is 0.0692 e. The maximum absolute atomic E-state index is 3.94. The van der Waals surface area contributed by atoms with E-state index in [0.717, 1.165) is 19.6 Å². The number of thioether (sulfide) groups is 1. The van der Waals surface area contributed by atoms with Gasteiger partial charge in [-0.2, -0.15) is 0 Å². The van der Waals surface area contributed by atoms with Gasteiger partial charge < -0.3 is 5.32 Å². The van der Waals surface area contributed by atoms with Crippen LogP contribution in [0.15, 0.2) is 41.6 Å². The Morgan fingerprint density at radius 2 is 2.33 bits per heavy atom. The summed E-state index contributed by atoms with van der Waals surface area (Å²) in [7, 11) is 0. The molecule has 4 nitrogen and oxygen atoms in total. The van der Waals surface area contributed by atoms with E-state index in [9.17, 15) is 0 Å². The van der Waals surface area contributed by atoms with Gasteiger partial charge in [-0.15, -0.1) is 16.9 Å². The Balaban J connectivity index is 1.41. The molecule has 0 amide bonds. The lowest BCUT2D eigenvalue weighted by Gasteiger charge is -2.09. The molecule has 0 aliphatic carbocycles. The molecule has 2 heterocycles. The van der Waals surface area contributed by atoms with Crippen LogP contribution in [0.3, 0.4) is 0 Å². The van der Waals surface area contributed by atoms with Crippen LogP contribution in [0, 0.1) is 0 Å². The Morgan fingerprint density at radius 3 is 3.17 bits per heavy atom. The Morgan fingerprint density at radius 1 is 1.39 bits per heavy atom. The van der Waals surface area contributed by atoms with Crippen LogP contribution in [-0.4, -0.2) is 33.3 Å². The van der Waals surface area contributed by atoms with Crippen LogP contribution >= 0.6 is 11.8 Å². The first-order valence-corrected chi connectivity index (χ1v) is 7.09. The average molecular weight is 260 g/mol. The second-order valence-electron chi connectivity index (χ2n) is 4.42. The summed E-state index contributed by atoms with van der Waals surface area (Å²) < 4.78 is 1.85. The van der Waals surface area contributed by atoms with E-state index in [1.165, 1.54) is 16.9 Å². The first kappa shape index (κ1) is 11.7. The average Bonchev–Trinajstić information content (AvgIpc) is 3.03. The van der Waals surface area contributed by atoms with E-state index in [0.29, 0.717) is 5.25 Å². The fourth-order valence-corrected chi connectivity index (χ4v) is 3.46. The number of rotatable bonds is 5. The summed E-state index contributed by atoms with van der Waals surface area (Å²) in [4.78, 5) is 1.44. The lowest BCUT2D eigenvalue weighted by atomic mass is 10.1. The Hall–Kier alpha value is -1.33. The quantitative estimate of drug-likeness (QED) is 0.829. The fraction of sp³-hybridized carbons (Fsp3) is 0.385. The zero-order chi connectivity index (χ0) is 12.2. The summed E-state index contributed by atoms with van der Waals surface area (Å²) in [5, 5.41) is 11.9. The Labute approximate surface area is 111 Å². The highest BCUT2D eigenvalue weighted by Gasteiger charge is 2.20. The van der Waals surface area contributed by atoms with Crippen LogP contribution in [-0.2, 0) is 13.0 Å². The molecule has 5 heteroatoms. The van der Waals surface area contributed by atoms with Gasteiger partial charge in [0.25, 0.3) is 0 Å². The maximum atomic E-state index is 3.94. The molecule has 1 aliphatic heterocycles. The Kier molecular flexibility index (Phi) is 3.61. The SMILES string of the molecule is c1ccc2c(c1)CC(CNCCn1ccnn1)S2. The van der Waals surface area contributed by atoms with Crippen LogP contribution in [0.4, 0.5) is 0 Å². The molecule has 3 rings (SSSR count). The molecule has 94 valence electrons. The molecule has 0 spiro atoms. The van der Waals surface area contributed by atoms with E-state index in [-0.39, 0.29) is 0 Å². The largest absolute Gasteiger partial charge is 0.314 e. The summed E-state index contributed by atoms with van der Waals surface area (Å²) in [6, 6.07) is 8.69. The van der Waals surface area contributed by atoms with Gasteiger partial charge in [0.1, 0.15) is 0 Å². The molecule has 0 saturated carbocycles. The summed E-state index contributed by atoms with van der Waals surface area (Å²) >= 11 is 1.99. The highest BCUT2D eigenvalue weighted by Crippen LogP contribution is 2.36. The first-order valence-electron chi connectivity index (χ1n) is 6.21. The van der Waals surface area contributed by atoms with Crippen molar-refractivity contribution in [1.29, 1.82) is 0 Å². The standard InChI is InChI=1S/C13H16N4S/c1-2-4-13-11(3-1)9-12(18-13)10-14-5-7-17-8-6-15-16-17/h1-4,6,8,12,14H,5,7,9-10H2. The van der Waals surface area contributed by atoms with Crippen molar-refractivity contribution in [3.8, 4) is 0 Å². The van der Waals surface area contributed by atoms with Crippen molar-refractivity contribution in [3.05, 3.63) is 42.2 Å². The summed E-state index contributed by atoms with van der Waals surface area (Å²) in [5.41, 5.74) is 1.49. The number of aromatic nitrogens is 3. The molecule has 0 bridgehead atoms. The van der Waals surface area contributed by atoms with Crippen molar-refractivity contribution in [2.75, 3.05) is 13.1 Å². The van der Waals surface area contributed by atoms with Crippen molar-refractivity contribution in [3.63, 3.8) is 0 Å². The molecule has 1 N–H and O–H groups in total. The normalized spacial score (nSPS) is 17.9.